The van der Waals surface area contributed by atoms with Gasteiger partial charge in [-0.1, -0.05) is 17.7 Å². The fourth-order valence-corrected chi connectivity index (χ4v) is 3.73. The Kier molecular flexibility index (Phi) is 4.16. The van der Waals surface area contributed by atoms with Gasteiger partial charge in [-0.25, -0.2) is 0 Å². The van der Waals surface area contributed by atoms with Crippen LogP contribution in [0.25, 0.3) is 0 Å². The van der Waals surface area contributed by atoms with Crippen LogP contribution < -0.4 is 0 Å². The van der Waals surface area contributed by atoms with Crippen molar-refractivity contribution in [3.05, 3.63) is 35.4 Å². The fourth-order valence-electron chi connectivity index (χ4n) is 3.73. The number of methoxy groups -OCH3 is 1. The van der Waals surface area contributed by atoms with E-state index in [1.54, 1.807) is 7.11 Å². The molecule has 1 aliphatic heterocycles. The van der Waals surface area contributed by atoms with E-state index in [0.29, 0.717) is 0 Å². The van der Waals surface area contributed by atoms with Crippen LogP contribution in [0.15, 0.2) is 24.3 Å². The molecule has 1 aromatic carbocycles. The number of nitrogens with zero attached hydrogens (tertiary/aromatic N) is 1. The van der Waals surface area contributed by atoms with Gasteiger partial charge in [-0.3, -0.25) is 4.79 Å². The number of benzene rings is 1. The second kappa shape index (κ2) is 5.45. The second-order valence-corrected chi connectivity index (χ2v) is 7.40. The molecule has 1 aromatic rings. The number of hydrogen-bond donors (Lipinski definition) is 0. The molecule has 3 nitrogen and oxygen atoms in total. The lowest BCUT2D eigenvalue weighted by Gasteiger charge is -2.55. The van der Waals surface area contributed by atoms with Crippen LogP contribution in [0.5, 0.6) is 0 Å². The van der Waals surface area contributed by atoms with Gasteiger partial charge in [-0.2, -0.15) is 0 Å². The number of hydrogen-bond acceptors (Lipinski definition) is 2. The summed E-state index contributed by atoms with van der Waals surface area (Å²) in [6.07, 6.45) is 1.94. The number of rotatable bonds is 2. The van der Waals surface area contributed by atoms with E-state index in [-0.39, 0.29) is 23.1 Å². The molecule has 0 N–H and O–H groups in total. The van der Waals surface area contributed by atoms with Crippen molar-refractivity contribution in [1.29, 1.82) is 0 Å². The number of aryl methyl sites for hydroxylation is 1. The molecule has 1 amide bonds. The SMILES string of the molecule is COC1CC(C)(C)N(C(=O)c2ccc(C)cc2)C(C)(C)C1. The molecule has 0 radical (unpaired) electrons. The van der Waals surface area contributed by atoms with E-state index in [0.717, 1.165) is 18.4 Å². The monoisotopic (exact) mass is 289 g/mol. The summed E-state index contributed by atoms with van der Waals surface area (Å²) in [6.45, 7) is 10.6. The van der Waals surface area contributed by atoms with Crippen LogP contribution in [0.4, 0.5) is 0 Å². The summed E-state index contributed by atoms with van der Waals surface area (Å²) in [5.41, 5.74) is 1.50. The minimum atomic E-state index is -0.218. The van der Waals surface area contributed by atoms with Crippen LogP contribution in [0.3, 0.4) is 0 Å². The summed E-state index contributed by atoms with van der Waals surface area (Å²) in [4.78, 5) is 15.1. The molecule has 0 unspecified atom stereocenters. The normalized spacial score (nSPS) is 21.3. The largest absolute Gasteiger partial charge is 0.381 e. The Bertz CT molecular complexity index is 499. The third kappa shape index (κ3) is 3.13. The van der Waals surface area contributed by atoms with Crippen LogP contribution >= 0.6 is 0 Å². The highest BCUT2D eigenvalue weighted by Crippen LogP contribution is 2.40. The lowest BCUT2D eigenvalue weighted by Crippen LogP contribution is -2.64. The lowest BCUT2D eigenvalue weighted by molar-refractivity contribution is -0.0723. The van der Waals surface area contributed by atoms with Gasteiger partial charge in [-0.15, -0.1) is 0 Å². The van der Waals surface area contributed by atoms with E-state index in [4.69, 9.17) is 4.74 Å². The van der Waals surface area contributed by atoms with Gasteiger partial charge in [0, 0.05) is 23.8 Å². The molecule has 0 aliphatic carbocycles. The first-order chi connectivity index (χ1) is 9.67. The number of piperidine rings is 1. The maximum atomic E-state index is 13.0. The third-order valence-corrected chi connectivity index (χ3v) is 4.50. The van der Waals surface area contributed by atoms with E-state index in [1.807, 2.05) is 36.1 Å². The van der Waals surface area contributed by atoms with Gasteiger partial charge in [0.25, 0.3) is 5.91 Å². The molecule has 2 rings (SSSR count). The zero-order valence-electron chi connectivity index (χ0n) is 14.1. The van der Waals surface area contributed by atoms with Crippen LogP contribution in [0.1, 0.15) is 56.5 Å². The predicted molar refractivity (Wildman–Crippen MR) is 85.5 cm³/mol. The number of carbonyl (C=O) groups excluding carboxylic acids is 1. The highest BCUT2D eigenvalue weighted by Gasteiger charge is 2.48. The summed E-state index contributed by atoms with van der Waals surface area (Å²) in [7, 11) is 1.76. The highest BCUT2D eigenvalue weighted by atomic mass is 16.5. The second-order valence-electron chi connectivity index (χ2n) is 7.40. The molecule has 1 aliphatic rings. The fraction of sp³-hybridized carbons (Fsp3) is 0.611. The molecular weight excluding hydrogens is 262 g/mol. The first-order valence-electron chi connectivity index (χ1n) is 7.61. The van der Waals surface area contributed by atoms with E-state index in [9.17, 15) is 4.79 Å². The van der Waals surface area contributed by atoms with Gasteiger partial charge in [0.15, 0.2) is 0 Å². The van der Waals surface area contributed by atoms with Crippen LogP contribution in [0.2, 0.25) is 0 Å². The topological polar surface area (TPSA) is 29.5 Å². The first-order valence-corrected chi connectivity index (χ1v) is 7.61. The van der Waals surface area contributed by atoms with Gasteiger partial charge >= 0.3 is 0 Å². The summed E-state index contributed by atoms with van der Waals surface area (Å²) in [6, 6.07) is 7.84. The van der Waals surface area contributed by atoms with Crippen molar-refractivity contribution in [2.24, 2.45) is 0 Å². The van der Waals surface area contributed by atoms with Crippen molar-refractivity contribution in [1.82, 2.24) is 4.90 Å². The average molecular weight is 289 g/mol. The third-order valence-electron chi connectivity index (χ3n) is 4.50. The summed E-state index contributed by atoms with van der Waals surface area (Å²) >= 11 is 0. The Balaban J connectivity index is 2.35. The molecular formula is C18H27NO2. The Morgan fingerprint density at radius 2 is 1.57 bits per heavy atom. The van der Waals surface area contributed by atoms with E-state index in [1.165, 1.54) is 5.56 Å². The van der Waals surface area contributed by atoms with Gasteiger partial charge < -0.3 is 9.64 Å². The number of amides is 1. The maximum Gasteiger partial charge on any atom is 0.254 e. The van der Waals surface area contributed by atoms with Crippen LogP contribution in [0, 0.1) is 6.92 Å². The molecule has 3 heteroatoms. The van der Waals surface area contributed by atoms with Gasteiger partial charge in [0.1, 0.15) is 0 Å². The van der Waals surface area contributed by atoms with Crippen molar-refractivity contribution >= 4 is 5.91 Å². The van der Waals surface area contributed by atoms with E-state index in [2.05, 4.69) is 27.7 Å². The molecule has 1 saturated heterocycles. The Morgan fingerprint density at radius 3 is 2.00 bits per heavy atom. The number of ether oxygens (including phenoxy) is 1. The molecule has 0 saturated carbocycles. The van der Waals surface area contributed by atoms with Crippen molar-refractivity contribution in [3.8, 4) is 0 Å². The number of carbonyl (C=O) groups is 1. The number of likely N-dealkylation sites (tertiary alicyclic amines) is 1. The Morgan fingerprint density at radius 1 is 1.10 bits per heavy atom. The standard InChI is InChI=1S/C18H27NO2/c1-13-7-9-14(10-8-13)16(20)19-17(2,3)11-15(21-6)12-18(19,4)5/h7-10,15H,11-12H2,1-6H3. The van der Waals surface area contributed by atoms with Crippen molar-refractivity contribution in [2.75, 3.05) is 7.11 Å². The zero-order valence-corrected chi connectivity index (χ0v) is 14.1. The van der Waals surface area contributed by atoms with Crippen molar-refractivity contribution in [2.45, 2.75) is 64.6 Å². The Hall–Kier alpha value is -1.35. The summed E-state index contributed by atoms with van der Waals surface area (Å²) < 4.78 is 5.57. The smallest absolute Gasteiger partial charge is 0.254 e. The Labute approximate surface area is 128 Å². The summed E-state index contributed by atoms with van der Waals surface area (Å²) in [5.74, 6) is 0.111. The van der Waals surface area contributed by atoms with Gasteiger partial charge in [-0.05, 0) is 59.6 Å². The molecule has 21 heavy (non-hydrogen) atoms. The molecule has 1 heterocycles. The molecule has 0 atom stereocenters. The van der Waals surface area contributed by atoms with Crippen LogP contribution in [-0.2, 0) is 4.74 Å². The molecule has 116 valence electrons. The molecule has 0 aromatic heterocycles. The molecule has 0 spiro atoms. The van der Waals surface area contributed by atoms with Gasteiger partial charge in [0.05, 0.1) is 6.10 Å². The van der Waals surface area contributed by atoms with Crippen molar-refractivity contribution in [3.63, 3.8) is 0 Å². The van der Waals surface area contributed by atoms with E-state index >= 15 is 0 Å². The predicted octanol–water partition coefficient (Wildman–Crippen LogP) is 3.80. The minimum absolute atomic E-state index is 0.111. The van der Waals surface area contributed by atoms with Gasteiger partial charge in [0.2, 0.25) is 0 Å². The average Bonchev–Trinajstić information content (AvgIpc) is 2.36. The summed E-state index contributed by atoms with van der Waals surface area (Å²) in [5, 5.41) is 0. The molecule has 0 bridgehead atoms. The highest BCUT2D eigenvalue weighted by molar-refractivity contribution is 5.95. The lowest BCUT2D eigenvalue weighted by atomic mass is 9.77. The van der Waals surface area contributed by atoms with Crippen LogP contribution in [-0.4, -0.2) is 35.1 Å². The minimum Gasteiger partial charge on any atom is -0.381 e. The molecule has 1 fully saturated rings. The quantitative estimate of drug-likeness (QED) is 0.828. The maximum absolute atomic E-state index is 13.0. The zero-order chi connectivity index (χ0) is 15.8. The first kappa shape index (κ1) is 16.0. The van der Waals surface area contributed by atoms with Crippen molar-refractivity contribution < 1.29 is 9.53 Å². The van der Waals surface area contributed by atoms with E-state index < -0.39 is 0 Å².